The fourth-order valence-corrected chi connectivity index (χ4v) is 3.15. The first-order valence-electron chi connectivity index (χ1n) is 7.65. The summed E-state index contributed by atoms with van der Waals surface area (Å²) in [6.45, 7) is 1.94. The zero-order valence-corrected chi connectivity index (χ0v) is 14.6. The van der Waals surface area contributed by atoms with Crippen LogP contribution in [0.5, 0.6) is 5.75 Å². The summed E-state index contributed by atoms with van der Waals surface area (Å²) in [5.74, 6) is 0.937. The van der Waals surface area contributed by atoms with Gasteiger partial charge in [0.1, 0.15) is 5.75 Å². The number of fused-ring (bicyclic) bond motifs is 1. The number of methoxy groups -OCH3 is 1. The van der Waals surface area contributed by atoms with Gasteiger partial charge in [-0.1, -0.05) is 30.8 Å². The van der Waals surface area contributed by atoms with E-state index in [1.807, 2.05) is 19.1 Å². The number of hydrogen-bond acceptors (Lipinski definition) is 6. The van der Waals surface area contributed by atoms with Crippen LogP contribution < -0.4 is 15.6 Å². The summed E-state index contributed by atoms with van der Waals surface area (Å²) in [6.07, 6.45) is 0.652. The standard InChI is InChI=1S/C16H17N5O3S/c1-3-10-8-13(22)18-15-19-20-16(21(10)15)25-9-14(23)17-11-6-4-5-7-12(11)24-2/h4-8H,3,9H2,1-2H3,(H,17,23)(H,18,19,22). The molecule has 0 spiro atoms. The van der Waals surface area contributed by atoms with Gasteiger partial charge in [0.15, 0.2) is 5.16 Å². The topological polar surface area (TPSA) is 101 Å². The molecule has 0 fully saturated rings. The molecule has 2 N–H and O–H groups in total. The largest absolute Gasteiger partial charge is 0.495 e. The molecule has 0 saturated heterocycles. The SMILES string of the molecule is CCc1cc(=O)[nH]c2nnc(SCC(=O)Nc3ccccc3OC)n12. The molecule has 130 valence electrons. The lowest BCUT2D eigenvalue weighted by molar-refractivity contribution is -0.113. The van der Waals surface area contributed by atoms with E-state index in [0.29, 0.717) is 28.8 Å². The molecule has 2 aromatic heterocycles. The third-order valence-corrected chi connectivity index (χ3v) is 4.46. The number of aryl methyl sites for hydroxylation is 1. The van der Waals surface area contributed by atoms with Gasteiger partial charge in [0.05, 0.1) is 18.6 Å². The molecule has 0 aliphatic carbocycles. The van der Waals surface area contributed by atoms with Crippen LogP contribution in [-0.4, -0.2) is 38.4 Å². The summed E-state index contributed by atoms with van der Waals surface area (Å²) in [5.41, 5.74) is 1.18. The van der Waals surface area contributed by atoms with Crippen LogP contribution in [0.1, 0.15) is 12.6 Å². The van der Waals surface area contributed by atoms with E-state index in [2.05, 4.69) is 20.5 Å². The smallest absolute Gasteiger partial charge is 0.252 e. The Bertz CT molecular complexity index is 966. The molecule has 3 rings (SSSR count). The second-order valence-electron chi connectivity index (χ2n) is 5.16. The van der Waals surface area contributed by atoms with Gasteiger partial charge in [-0.05, 0) is 18.6 Å². The minimum Gasteiger partial charge on any atom is -0.495 e. The zero-order valence-electron chi connectivity index (χ0n) is 13.8. The van der Waals surface area contributed by atoms with Crippen LogP contribution in [0.2, 0.25) is 0 Å². The first kappa shape index (κ1) is 17.0. The number of amides is 1. The minimum absolute atomic E-state index is 0.154. The van der Waals surface area contributed by atoms with Crippen LogP contribution in [-0.2, 0) is 11.2 Å². The van der Waals surface area contributed by atoms with Gasteiger partial charge in [-0.2, -0.15) is 0 Å². The average Bonchev–Trinajstić information content (AvgIpc) is 3.02. The van der Waals surface area contributed by atoms with Gasteiger partial charge < -0.3 is 10.1 Å². The number of ether oxygens (including phenoxy) is 1. The van der Waals surface area contributed by atoms with Crippen molar-refractivity contribution >= 4 is 29.1 Å². The number of nitrogens with zero attached hydrogens (tertiary/aromatic N) is 3. The van der Waals surface area contributed by atoms with Gasteiger partial charge in [0, 0.05) is 11.8 Å². The summed E-state index contributed by atoms with van der Waals surface area (Å²) in [4.78, 5) is 26.4. The Labute approximate surface area is 147 Å². The molecule has 0 bridgehead atoms. The predicted octanol–water partition coefficient (Wildman–Crippen LogP) is 1.72. The van der Waals surface area contributed by atoms with Crippen LogP contribution in [0.4, 0.5) is 5.69 Å². The second-order valence-corrected chi connectivity index (χ2v) is 6.10. The number of anilines is 1. The van der Waals surface area contributed by atoms with E-state index in [9.17, 15) is 9.59 Å². The summed E-state index contributed by atoms with van der Waals surface area (Å²) in [6, 6.07) is 8.71. The molecule has 2 heterocycles. The number of carbonyl (C=O) groups excluding carboxylic acids is 1. The van der Waals surface area contributed by atoms with Crippen molar-refractivity contribution in [2.75, 3.05) is 18.2 Å². The number of carbonyl (C=O) groups is 1. The number of para-hydroxylation sites is 2. The number of hydrogen-bond donors (Lipinski definition) is 2. The van der Waals surface area contributed by atoms with E-state index < -0.39 is 0 Å². The lowest BCUT2D eigenvalue weighted by Crippen LogP contribution is -2.15. The summed E-state index contributed by atoms with van der Waals surface area (Å²) < 4.78 is 6.97. The lowest BCUT2D eigenvalue weighted by atomic mass is 10.3. The van der Waals surface area contributed by atoms with Gasteiger partial charge in [-0.3, -0.25) is 19.0 Å². The van der Waals surface area contributed by atoms with Crippen LogP contribution in [0.3, 0.4) is 0 Å². The normalized spacial score (nSPS) is 10.8. The lowest BCUT2D eigenvalue weighted by Gasteiger charge is -2.09. The van der Waals surface area contributed by atoms with Crippen molar-refractivity contribution in [1.29, 1.82) is 0 Å². The number of benzene rings is 1. The van der Waals surface area contributed by atoms with Crippen molar-refractivity contribution in [3.05, 3.63) is 46.4 Å². The number of aromatic nitrogens is 4. The Kier molecular flexibility index (Phi) is 5.03. The maximum absolute atomic E-state index is 12.2. The first-order chi connectivity index (χ1) is 12.1. The molecule has 25 heavy (non-hydrogen) atoms. The van der Waals surface area contributed by atoms with Crippen LogP contribution >= 0.6 is 11.8 Å². The van der Waals surface area contributed by atoms with Crippen molar-refractivity contribution in [3.8, 4) is 5.75 Å². The van der Waals surface area contributed by atoms with E-state index in [0.717, 1.165) is 5.69 Å². The molecule has 9 heteroatoms. The summed E-state index contributed by atoms with van der Waals surface area (Å²) in [7, 11) is 1.55. The van der Waals surface area contributed by atoms with Gasteiger partial charge in [0.25, 0.3) is 5.56 Å². The van der Waals surface area contributed by atoms with Crippen molar-refractivity contribution in [1.82, 2.24) is 19.6 Å². The summed E-state index contributed by atoms with van der Waals surface area (Å²) in [5, 5.41) is 11.4. The molecule has 0 aliphatic heterocycles. The van der Waals surface area contributed by atoms with Gasteiger partial charge in [-0.25, -0.2) is 0 Å². The van der Waals surface area contributed by atoms with Crippen molar-refractivity contribution in [3.63, 3.8) is 0 Å². The molecule has 0 saturated carbocycles. The van der Waals surface area contributed by atoms with Crippen molar-refractivity contribution in [2.24, 2.45) is 0 Å². The average molecular weight is 359 g/mol. The Morgan fingerprint density at radius 1 is 1.36 bits per heavy atom. The molecule has 0 radical (unpaired) electrons. The van der Waals surface area contributed by atoms with Crippen molar-refractivity contribution < 1.29 is 9.53 Å². The minimum atomic E-state index is -0.220. The van der Waals surface area contributed by atoms with Crippen LogP contribution in [0.25, 0.3) is 5.78 Å². The third kappa shape index (κ3) is 3.66. The van der Waals surface area contributed by atoms with E-state index >= 15 is 0 Å². The molecular formula is C16H17N5O3S. The Morgan fingerprint density at radius 2 is 2.16 bits per heavy atom. The highest BCUT2D eigenvalue weighted by molar-refractivity contribution is 7.99. The fraction of sp³-hybridized carbons (Fsp3) is 0.250. The van der Waals surface area contributed by atoms with Crippen molar-refractivity contribution in [2.45, 2.75) is 18.5 Å². The predicted molar refractivity (Wildman–Crippen MR) is 95.3 cm³/mol. The van der Waals surface area contributed by atoms with Gasteiger partial charge >= 0.3 is 0 Å². The molecular weight excluding hydrogens is 342 g/mol. The Balaban J connectivity index is 1.74. The molecule has 0 aliphatic rings. The maximum Gasteiger partial charge on any atom is 0.252 e. The molecule has 0 atom stereocenters. The van der Waals surface area contributed by atoms with E-state index in [-0.39, 0.29) is 17.2 Å². The van der Waals surface area contributed by atoms with E-state index in [1.54, 1.807) is 23.6 Å². The summed E-state index contributed by atoms with van der Waals surface area (Å²) >= 11 is 1.25. The highest BCUT2D eigenvalue weighted by Crippen LogP contribution is 2.24. The zero-order chi connectivity index (χ0) is 17.8. The number of aromatic amines is 1. The fourth-order valence-electron chi connectivity index (χ4n) is 2.39. The quantitative estimate of drug-likeness (QED) is 0.650. The van der Waals surface area contributed by atoms with Gasteiger partial charge in [-0.15, -0.1) is 10.2 Å². The third-order valence-electron chi connectivity index (χ3n) is 3.53. The molecule has 1 amide bonds. The van der Waals surface area contributed by atoms with Crippen LogP contribution in [0, 0.1) is 0 Å². The van der Waals surface area contributed by atoms with Crippen LogP contribution in [0.15, 0.2) is 40.3 Å². The maximum atomic E-state index is 12.2. The number of H-pyrrole nitrogens is 1. The molecule has 8 nitrogen and oxygen atoms in total. The molecule has 1 aromatic carbocycles. The molecule has 3 aromatic rings. The second kappa shape index (κ2) is 7.39. The molecule has 0 unspecified atom stereocenters. The Morgan fingerprint density at radius 3 is 2.92 bits per heavy atom. The first-order valence-corrected chi connectivity index (χ1v) is 8.64. The van der Waals surface area contributed by atoms with Gasteiger partial charge in [0.2, 0.25) is 11.7 Å². The number of rotatable bonds is 6. The van der Waals surface area contributed by atoms with E-state index in [1.165, 1.54) is 17.8 Å². The number of nitrogens with one attached hydrogen (secondary N) is 2. The Hall–Kier alpha value is -2.81. The highest BCUT2D eigenvalue weighted by atomic mass is 32.2. The highest BCUT2D eigenvalue weighted by Gasteiger charge is 2.13. The monoisotopic (exact) mass is 359 g/mol. The van der Waals surface area contributed by atoms with E-state index in [4.69, 9.17) is 4.74 Å². The number of thioether (sulfide) groups is 1.